The zero-order valence-corrected chi connectivity index (χ0v) is 10.4. The summed E-state index contributed by atoms with van der Waals surface area (Å²) in [5.74, 6) is 6.37. The largest absolute Gasteiger partial charge is 0.398 e. The van der Waals surface area contributed by atoms with Gasteiger partial charge >= 0.3 is 0 Å². The first-order valence-corrected chi connectivity index (χ1v) is 6.63. The van der Waals surface area contributed by atoms with Crippen LogP contribution in [-0.2, 0) is 0 Å². The highest BCUT2D eigenvalue weighted by atomic mass is 15.2. The Kier molecular flexibility index (Phi) is 4.40. The number of nitrogen functional groups attached to an aromatic ring is 1. The van der Waals surface area contributed by atoms with Crippen LogP contribution < -0.4 is 17.0 Å². The molecule has 0 aliphatic heterocycles. The zero-order chi connectivity index (χ0) is 12.1. The fourth-order valence-electron chi connectivity index (χ4n) is 2.92. The van der Waals surface area contributed by atoms with Gasteiger partial charge in [0, 0.05) is 5.69 Å². The van der Waals surface area contributed by atoms with E-state index in [1.54, 1.807) is 0 Å². The fourth-order valence-corrected chi connectivity index (χ4v) is 2.92. The van der Waals surface area contributed by atoms with Crippen molar-refractivity contribution in [1.29, 1.82) is 0 Å². The van der Waals surface area contributed by atoms with Gasteiger partial charge in [-0.3, -0.25) is 11.3 Å². The van der Waals surface area contributed by atoms with Crippen molar-refractivity contribution < 1.29 is 0 Å². The second kappa shape index (κ2) is 6.03. The summed E-state index contributed by atoms with van der Waals surface area (Å²) in [6.45, 7) is 0. The molecule has 0 saturated heterocycles. The first-order chi connectivity index (χ1) is 8.33. The van der Waals surface area contributed by atoms with Crippen molar-refractivity contribution in [2.45, 2.75) is 44.6 Å². The summed E-state index contributed by atoms with van der Waals surface area (Å²) in [6.07, 6.45) is 7.85. The molecule has 0 amide bonds. The van der Waals surface area contributed by atoms with E-state index in [2.05, 4.69) is 11.5 Å². The topological polar surface area (TPSA) is 64.1 Å². The van der Waals surface area contributed by atoms with Gasteiger partial charge in [-0.15, -0.1) is 0 Å². The molecule has 1 aromatic carbocycles. The Balaban J connectivity index is 2.17. The van der Waals surface area contributed by atoms with Crippen molar-refractivity contribution in [3.8, 4) is 0 Å². The van der Waals surface area contributed by atoms with Crippen molar-refractivity contribution in [3.05, 3.63) is 29.8 Å². The van der Waals surface area contributed by atoms with Gasteiger partial charge < -0.3 is 5.73 Å². The van der Waals surface area contributed by atoms with Gasteiger partial charge in [-0.25, -0.2) is 0 Å². The molecule has 0 spiro atoms. The molecule has 94 valence electrons. The summed E-state index contributed by atoms with van der Waals surface area (Å²) >= 11 is 0. The predicted molar refractivity (Wildman–Crippen MR) is 72.1 cm³/mol. The van der Waals surface area contributed by atoms with E-state index in [-0.39, 0.29) is 6.04 Å². The molecule has 17 heavy (non-hydrogen) atoms. The van der Waals surface area contributed by atoms with Gasteiger partial charge in [0.2, 0.25) is 0 Å². The number of para-hydroxylation sites is 1. The second-order valence-corrected chi connectivity index (χ2v) is 5.02. The summed E-state index contributed by atoms with van der Waals surface area (Å²) in [5.41, 5.74) is 11.0. The maximum absolute atomic E-state index is 6.05. The Bertz CT molecular complexity index is 343. The molecule has 0 radical (unpaired) electrons. The number of benzene rings is 1. The molecule has 1 aromatic rings. The summed E-state index contributed by atoms with van der Waals surface area (Å²) < 4.78 is 0. The smallest absolute Gasteiger partial charge is 0.0508 e. The number of nitrogens with two attached hydrogens (primary N) is 2. The van der Waals surface area contributed by atoms with Gasteiger partial charge in [0.05, 0.1) is 6.04 Å². The molecule has 2 rings (SSSR count). The minimum atomic E-state index is 0.203. The second-order valence-electron chi connectivity index (χ2n) is 5.02. The minimum Gasteiger partial charge on any atom is -0.398 e. The maximum Gasteiger partial charge on any atom is 0.0508 e. The van der Waals surface area contributed by atoms with Crippen molar-refractivity contribution in [1.82, 2.24) is 5.43 Å². The minimum absolute atomic E-state index is 0.203. The normalized spacial score (nSPS) is 19.8. The first kappa shape index (κ1) is 12.4. The molecular formula is C14H23N3. The van der Waals surface area contributed by atoms with Crippen LogP contribution in [-0.4, -0.2) is 0 Å². The average molecular weight is 233 g/mol. The number of rotatable bonds is 3. The van der Waals surface area contributed by atoms with Crippen molar-refractivity contribution >= 4 is 5.69 Å². The van der Waals surface area contributed by atoms with Crippen LogP contribution in [0.15, 0.2) is 24.3 Å². The van der Waals surface area contributed by atoms with Crippen molar-refractivity contribution in [2.75, 3.05) is 5.73 Å². The van der Waals surface area contributed by atoms with Crippen LogP contribution in [0.5, 0.6) is 0 Å². The van der Waals surface area contributed by atoms with Gasteiger partial charge in [-0.1, -0.05) is 43.9 Å². The Morgan fingerprint density at radius 1 is 1.06 bits per heavy atom. The molecule has 1 aliphatic carbocycles. The number of hydrazine groups is 1. The van der Waals surface area contributed by atoms with E-state index in [0.717, 1.165) is 11.3 Å². The quantitative estimate of drug-likeness (QED) is 0.325. The Labute approximate surface area is 104 Å². The highest BCUT2D eigenvalue weighted by Gasteiger charge is 2.24. The van der Waals surface area contributed by atoms with Gasteiger partial charge in [-0.2, -0.15) is 0 Å². The monoisotopic (exact) mass is 233 g/mol. The zero-order valence-electron chi connectivity index (χ0n) is 10.4. The van der Waals surface area contributed by atoms with E-state index >= 15 is 0 Å². The molecule has 1 fully saturated rings. The molecule has 1 unspecified atom stereocenters. The van der Waals surface area contributed by atoms with E-state index in [1.165, 1.54) is 38.5 Å². The molecule has 3 nitrogen and oxygen atoms in total. The maximum atomic E-state index is 6.05. The predicted octanol–water partition coefficient (Wildman–Crippen LogP) is 2.74. The third-order valence-corrected chi connectivity index (χ3v) is 3.88. The molecule has 0 heterocycles. The van der Waals surface area contributed by atoms with Crippen LogP contribution in [0.4, 0.5) is 5.69 Å². The fraction of sp³-hybridized carbons (Fsp3) is 0.571. The van der Waals surface area contributed by atoms with Crippen LogP contribution >= 0.6 is 0 Å². The lowest BCUT2D eigenvalue weighted by molar-refractivity contribution is 0.330. The lowest BCUT2D eigenvalue weighted by Gasteiger charge is -2.26. The van der Waals surface area contributed by atoms with Crippen molar-refractivity contribution in [2.24, 2.45) is 11.8 Å². The Morgan fingerprint density at radius 3 is 2.29 bits per heavy atom. The number of hydrogen-bond acceptors (Lipinski definition) is 3. The van der Waals surface area contributed by atoms with Crippen LogP contribution in [0.1, 0.15) is 50.1 Å². The van der Waals surface area contributed by atoms with Gasteiger partial charge in [0.1, 0.15) is 0 Å². The van der Waals surface area contributed by atoms with Gasteiger partial charge in [-0.05, 0) is 30.4 Å². The molecule has 3 heteroatoms. The Hall–Kier alpha value is -1.06. The SMILES string of the molecule is NNC(c1ccccc1N)C1CCCCCC1. The lowest BCUT2D eigenvalue weighted by Crippen LogP contribution is -2.34. The molecule has 0 bridgehead atoms. The molecule has 1 saturated carbocycles. The summed E-state index contributed by atoms with van der Waals surface area (Å²) in [4.78, 5) is 0. The average Bonchev–Trinajstić information content (AvgIpc) is 2.62. The molecular weight excluding hydrogens is 210 g/mol. The van der Waals surface area contributed by atoms with E-state index in [4.69, 9.17) is 11.6 Å². The van der Waals surface area contributed by atoms with E-state index < -0.39 is 0 Å². The van der Waals surface area contributed by atoms with Crippen LogP contribution in [0.2, 0.25) is 0 Å². The standard InChI is InChI=1S/C14H23N3/c15-13-10-6-5-9-12(13)14(17-16)11-7-3-1-2-4-8-11/h5-6,9-11,14,17H,1-4,7-8,15-16H2. The first-order valence-electron chi connectivity index (χ1n) is 6.63. The highest BCUT2D eigenvalue weighted by Crippen LogP contribution is 2.34. The highest BCUT2D eigenvalue weighted by molar-refractivity contribution is 5.48. The van der Waals surface area contributed by atoms with E-state index in [1.807, 2.05) is 18.2 Å². The molecule has 0 aromatic heterocycles. The lowest BCUT2D eigenvalue weighted by atomic mass is 9.87. The summed E-state index contributed by atoms with van der Waals surface area (Å²) in [7, 11) is 0. The summed E-state index contributed by atoms with van der Waals surface area (Å²) in [5, 5.41) is 0. The number of anilines is 1. The third-order valence-electron chi connectivity index (χ3n) is 3.88. The third kappa shape index (κ3) is 2.99. The van der Waals surface area contributed by atoms with Crippen LogP contribution in [0, 0.1) is 5.92 Å². The molecule has 5 N–H and O–H groups in total. The number of hydrogen-bond donors (Lipinski definition) is 3. The van der Waals surface area contributed by atoms with Crippen molar-refractivity contribution in [3.63, 3.8) is 0 Å². The van der Waals surface area contributed by atoms with Crippen LogP contribution in [0.3, 0.4) is 0 Å². The van der Waals surface area contributed by atoms with Crippen LogP contribution in [0.25, 0.3) is 0 Å². The Morgan fingerprint density at radius 2 is 1.71 bits per heavy atom. The van der Waals surface area contributed by atoms with Gasteiger partial charge in [0.25, 0.3) is 0 Å². The molecule has 1 aliphatic rings. The van der Waals surface area contributed by atoms with E-state index in [9.17, 15) is 0 Å². The molecule has 1 atom stereocenters. The van der Waals surface area contributed by atoms with Gasteiger partial charge in [0.15, 0.2) is 0 Å². The number of nitrogens with one attached hydrogen (secondary N) is 1. The van der Waals surface area contributed by atoms with E-state index in [0.29, 0.717) is 5.92 Å². The summed E-state index contributed by atoms with van der Waals surface area (Å²) in [6, 6.07) is 8.25.